The SMILES string of the molecule is Cc1n[nH]c(C)c1C(C)c1nc(-c2cc(Br)cs2)no1. The quantitative estimate of drug-likeness (QED) is 0.771. The average Bonchev–Trinajstić information content (AvgIpc) is 3.10. The fraction of sp³-hybridized carbons (Fsp3) is 0.308. The lowest BCUT2D eigenvalue weighted by Gasteiger charge is -2.06. The molecule has 0 saturated heterocycles. The molecule has 3 rings (SSSR count). The summed E-state index contributed by atoms with van der Waals surface area (Å²) in [6.45, 7) is 6.02. The number of hydrogen-bond acceptors (Lipinski definition) is 5. The molecule has 20 heavy (non-hydrogen) atoms. The van der Waals surface area contributed by atoms with Crippen LogP contribution in [0.1, 0.15) is 35.7 Å². The first-order valence-electron chi connectivity index (χ1n) is 6.15. The largest absolute Gasteiger partial charge is 0.338 e. The van der Waals surface area contributed by atoms with Gasteiger partial charge >= 0.3 is 0 Å². The van der Waals surface area contributed by atoms with Crippen LogP contribution in [0.5, 0.6) is 0 Å². The Morgan fingerprint density at radius 1 is 1.40 bits per heavy atom. The van der Waals surface area contributed by atoms with Crippen molar-refractivity contribution >= 4 is 27.3 Å². The van der Waals surface area contributed by atoms with E-state index < -0.39 is 0 Å². The van der Waals surface area contributed by atoms with Crippen molar-refractivity contribution in [3.63, 3.8) is 0 Å². The highest BCUT2D eigenvalue weighted by Crippen LogP contribution is 2.31. The smallest absolute Gasteiger partial charge is 0.234 e. The summed E-state index contributed by atoms with van der Waals surface area (Å²) in [6, 6.07) is 1.98. The summed E-state index contributed by atoms with van der Waals surface area (Å²) in [6.07, 6.45) is 0. The maximum absolute atomic E-state index is 5.41. The first kappa shape index (κ1) is 13.5. The Balaban J connectivity index is 1.94. The second-order valence-corrected chi connectivity index (χ2v) is 6.48. The van der Waals surface area contributed by atoms with Gasteiger partial charge in [-0.05, 0) is 42.8 Å². The lowest BCUT2D eigenvalue weighted by atomic mass is 9.99. The zero-order chi connectivity index (χ0) is 14.3. The second kappa shape index (κ2) is 5.14. The van der Waals surface area contributed by atoms with Crippen LogP contribution >= 0.6 is 27.3 Å². The second-order valence-electron chi connectivity index (χ2n) is 4.65. The van der Waals surface area contributed by atoms with Crippen molar-refractivity contribution in [3.8, 4) is 10.7 Å². The minimum Gasteiger partial charge on any atom is -0.338 e. The van der Waals surface area contributed by atoms with Crippen LogP contribution in [0.4, 0.5) is 0 Å². The topological polar surface area (TPSA) is 67.6 Å². The van der Waals surface area contributed by atoms with Crippen LogP contribution < -0.4 is 0 Å². The van der Waals surface area contributed by atoms with Gasteiger partial charge < -0.3 is 4.52 Å². The number of H-pyrrole nitrogens is 1. The molecule has 0 amide bonds. The van der Waals surface area contributed by atoms with E-state index in [4.69, 9.17) is 4.52 Å². The zero-order valence-electron chi connectivity index (χ0n) is 11.3. The first-order chi connectivity index (χ1) is 9.56. The van der Waals surface area contributed by atoms with Crippen LogP contribution in [-0.4, -0.2) is 20.3 Å². The minimum absolute atomic E-state index is 0.0263. The van der Waals surface area contributed by atoms with Crippen LogP contribution in [0, 0.1) is 13.8 Å². The third-order valence-corrected chi connectivity index (χ3v) is 4.91. The molecule has 0 radical (unpaired) electrons. The third-order valence-electron chi connectivity index (χ3n) is 3.22. The molecule has 0 spiro atoms. The number of thiophene rings is 1. The minimum atomic E-state index is 0.0263. The standard InChI is InChI=1S/C13H13BrN4OS/c1-6(11-7(2)16-17-8(11)3)13-15-12(18-19-13)10-4-9(14)5-20-10/h4-6H,1-3H3,(H,16,17). The fourth-order valence-corrected chi connectivity index (χ4v) is 3.61. The average molecular weight is 353 g/mol. The molecule has 7 heteroatoms. The van der Waals surface area contributed by atoms with Gasteiger partial charge in [-0.2, -0.15) is 10.1 Å². The molecule has 0 aliphatic carbocycles. The Labute approximate surface area is 128 Å². The van der Waals surface area contributed by atoms with E-state index in [0.29, 0.717) is 11.7 Å². The number of halogens is 1. The van der Waals surface area contributed by atoms with Crippen molar-refractivity contribution in [2.45, 2.75) is 26.7 Å². The zero-order valence-corrected chi connectivity index (χ0v) is 13.7. The summed E-state index contributed by atoms with van der Waals surface area (Å²) in [7, 11) is 0. The number of aromatic nitrogens is 4. The van der Waals surface area contributed by atoms with Gasteiger partial charge in [0.25, 0.3) is 0 Å². The highest BCUT2D eigenvalue weighted by atomic mass is 79.9. The molecule has 0 aliphatic heterocycles. The molecule has 5 nitrogen and oxygen atoms in total. The van der Waals surface area contributed by atoms with Crippen molar-refractivity contribution in [1.29, 1.82) is 0 Å². The van der Waals surface area contributed by atoms with E-state index in [2.05, 4.69) is 36.3 Å². The van der Waals surface area contributed by atoms with Gasteiger partial charge in [-0.1, -0.05) is 5.16 Å². The summed E-state index contributed by atoms with van der Waals surface area (Å²) < 4.78 is 6.44. The number of nitrogens with zero attached hydrogens (tertiary/aromatic N) is 3. The van der Waals surface area contributed by atoms with E-state index in [9.17, 15) is 0 Å². The monoisotopic (exact) mass is 352 g/mol. The van der Waals surface area contributed by atoms with Crippen LogP contribution in [0.2, 0.25) is 0 Å². The molecule has 3 aromatic heterocycles. The number of aryl methyl sites for hydroxylation is 2. The van der Waals surface area contributed by atoms with Gasteiger partial charge in [0, 0.05) is 21.1 Å². The molecular weight excluding hydrogens is 340 g/mol. The highest BCUT2D eigenvalue weighted by Gasteiger charge is 2.22. The molecule has 0 saturated carbocycles. The van der Waals surface area contributed by atoms with Crippen LogP contribution in [0.25, 0.3) is 10.7 Å². The van der Waals surface area contributed by atoms with Gasteiger partial charge in [-0.3, -0.25) is 5.10 Å². The van der Waals surface area contributed by atoms with Crippen molar-refractivity contribution in [1.82, 2.24) is 20.3 Å². The van der Waals surface area contributed by atoms with E-state index >= 15 is 0 Å². The maximum Gasteiger partial charge on any atom is 0.234 e. The Bertz CT molecular complexity index is 726. The Kier molecular flexibility index (Phi) is 3.47. The van der Waals surface area contributed by atoms with Gasteiger partial charge in [0.15, 0.2) is 0 Å². The lowest BCUT2D eigenvalue weighted by molar-refractivity contribution is 0.370. The summed E-state index contributed by atoms with van der Waals surface area (Å²) in [4.78, 5) is 5.49. The van der Waals surface area contributed by atoms with Crippen molar-refractivity contribution in [3.05, 3.63) is 38.8 Å². The molecule has 0 aliphatic rings. The van der Waals surface area contributed by atoms with Crippen molar-refractivity contribution < 1.29 is 4.52 Å². The summed E-state index contributed by atoms with van der Waals surface area (Å²) in [5.41, 5.74) is 3.12. The third kappa shape index (κ3) is 2.31. The van der Waals surface area contributed by atoms with Gasteiger partial charge in [-0.15, -0.1) is 11.3 Å². The molecule has 1 atom stereocenters. The molecule has 3 heterocycles. The van der Waals surface area contributed by atoms with E-state index in [-0.39, 0.29) is 5.92 Å². The van der Waals surface area contributed by atoms with E-state index in [0.717, 1.165) is 26.3 Å². The molecule has 0 aromatic carbocycles. The van der Waals surface area contributed by atoms with Crippen molar-refractivity contribution in [2.24, 2.45) is 0 Å². The fourth-order valence-electron chi connectivity index (χ4n) is 2.26. The number of aromatic amines is 1. The lowest BCUT2D eigenvalue weighted by Crippen LogP contribution is -1.99. The number of rotatable bonds is 3. The molecular formula is C13H13BrN4OS. The predicted octanol–water partition coefficient (Wildman–Crippen LogP) is 4.05. The normalized spacial score (nSPS) is 12.8. The summed E-state index contributed by atoms with van der Waals surface area (Å²) in [5.74, 6) is 1.26. The Morgan fingerprint density at radius 3 is 2.80 bits per heavy atom. The Hall–Kier alpha value is -1.47. The van der Waals surface area contributed by atoms with E-state index in [1.54, 1.807) is 11.3 Å². The van der Waals surface area contributed by atoms with Crippen LogP contribution in [-0.2, 0) is 0 Å². The van der Waals surface area contributed by atoms with Gasteiger partial charge in [0.2, 0.25) is 11.7 Å². The molecule has 104 valence electrons. The summed E-state index contributed by atoms with van der Waals surface area (Å²) in [5, 5.41) is 13.3. The molecule has 0 bridgehead atoms. The highest BCUT2D eigenvalue weighted by molar-refractivity contribution is 9.10. The predicted molar refractivity (Wildman–Crippen MR) is 80.9 cm³/mol. The van der Waals surface area contributed by atoms with Gasteiger partial charge in [0.05, 0.1) is 16.5 Å². The molecule has 1 N–H and O–H groups in total. The van der Waals surface area contributed by atoms with Gasteiger partial charge in [-0.25, -0.2) is 0 Å². The van der Waals surface area contributed by atoms with E-state index in [1.807, 2.05) is 32.2 Å². The maximum atomic E-state index is 5.41. The van der Waals surface area contributed by atoms with Crippen LogP contribution in [0.15, 0.2) is 20.4 Å². The summed E-state index contributed by atoms with van der Waals surface area (Å²) >= 11 is 5.01. The molecule has 0 fully saturated rings. The Morgan fingerprint density at radius 2 is 2.20 bits per heavy atom. The first-order valence-corrected chi connectivity index (χ1v) is 7.83. The van der Waals surface area contributed by atoms with E-state index in [1.165, 1.54) is 0 Å². The molecule has 3 aromatic rings. The van der Waals surface area contributed by atoms with Crippen molar-refractivity contribution in [2.75, 3.05) is 0 Å². The van der Waals surface area contributed by atoms with Crippen LogP contribution in [0.3, 0.4) is 0 Å². The number of hydrogen-bond donors (Lipinski definition) is 1. The number of nitrogens with one attached hydrogen (secondary N) is 1. The van der Waals surface area contributed by atoms with Gasteiger partial charge in [0.1, 0.15) is 0 Å². The molecule has 1 unspecified atom stereocenters.